The molecule has 0 fully saturated rings. The molecule has 54 valence electrons. The Balaban J connectivity index is 3.34. The molecule has 1 rings (SSSR count). The second kappa shape index (κ2) is 2.34. The summed E-state index contributed by atoms with van der Waals surface area (Å²) in [5.74, 6) is -0.568. The first-order valence-electron chi connectivity index (χ1n) is 2.66. The molecular weight excluding hydrogens is 154 g/mol. The molecule has 0 unspecified atom stereocenters. The molecule has 1 aromatic heterocycles. The van der Waals surface area contributed by atoms with Crippen LogP contribution in [0, 0.1) is 6.92 Å². The molecule has 0 aliphatic heterocycles. The Morgan fingerprint density at radius 2 is 2.00 bits per heavy atom. The number of aromatic nitrogens is 1. The Bertz CT molecular complexity index is 235. The number of hydrogen-bond donors (Lipinski definition) is 2. The zero-order chi connectivity index (χ0) is 7.72. The van der Waals surface area contributed by atoms with Crippen LogP contribution in [0.2, 0.25) is 5.15 Å². The van der Waals surface area contributed by atoms with Gasteiger partial charge in [0.15, 0.2) is 16.7 Å². The van der Waals surface area contributed by atoms with Gasteiger partial charge in [-0.2, -0.15) is 0 Å². The second-order valence-electron chi connectivity index (χ2n) is 1.93. The molecule has 0 aromatic carbocycles. The lowest BCUT2D eigenvalue weighted by Gasteiger charge is -2.00. The minimum absolute atomic E-state index is 0.0805. The van der Waals surface area contributed by atoms with Gasteiger partial charge >= 0.3 is 0 Å². The average molecular weight is 160 g/mol. The van der Waals surface area contributed by atoms with E-state index >= 15 is 0 Å². The van der Waals surface area contributed by atoms with E-state index in [0.29, 0.717) is 5.56 Å². The zero-order valence-corrected chi connectivity index (χ0v) is 6.05. The Labute approximate surface area is 62.9 Å². The lowest BCUT2D eigenvalue weighted by atomic mass is 10.3. The van der Waals surface area contributed by atoms with Crippen LogP contribution in [-0.2, 0) is 0 Å². The molecule has 1 heterocycles. The van der Waals surface area contributed by atoms with E-state index in [1.54, 1.807) is 6.92 Å². The topological polar surface area (TPSA) is 53.4 Å². The first kappa shape index (κ1) is 7.15. The van der Waals surface area contributed by atoms with Crippen molar-refractivity contribution in [2.45, 2.75) is 6.92 Å². The molecule has 1 aromatic rings. The molecule has 4 heteroatoms. The van der Waals surface area contributed by atoms with E-state index in [1.165, 1.54) is 6.20 Å². The summed E-state index contributed by atoms with van der Waals surface area (Å²) in [7, 11) is 0. The Morgan fingerprint density at radius 3 is 2.50 bits per heavy atom. The van der Waals surface area contributed by atoms with Crippen molar-refractivity contribution in [2.75, 3.05) is 0 Å². The molecule has 10 heavy (non-hydrogen) atoms. The molecule has 2 N–H and O–H groups in total. The van der Waals surface area contributed by atoms with E-state index in [1.807, 2.05) is 0 Å². The fourth-order valence-electron chi connectivity index (χ4n) is 0.560. The van der Waals surface area contributed by atoms with Gasteiger partial charge in [-0.05, 0) is 6.92 Å². The van der Waals surface area contributed by atoms with Gasteiger partial charge in [0.25, 0.3) is 0 Å². The molecule has 3 nitrogen and oxygen atoms in total. The van der Waals surface area contributed by atoms with Gasteiger partial charge in [-0.25, -0.2) is 4.98 Å². The van der Waals surface area contributed by atoms with Gasteiger partial charge in [-0.15, -0.1) is 0 Å². The summed E-state index contributed by atoms with van der Waals surface area (Å²) in [5.41, 5.74) is 0.502. The van der Waals surface area contributed by atoms with E-state index in [0.717, 1.165) is 0 Å². The highest BCUT2D eigenvalue weighted by Gasteiger charge is 2.07. The third kappa shape index (κ3) is 0.998. The van der Waals surface area contributed by atoms with Crippen molar-refractivity contribution in [1.82, 2.24) is 4.98 Å². The van der Waals surface area contributed by atoms with Crippen LogP contribution in [0.5, 0.6) is 11.5 Å². The summed E-state index contributed by atoms with van der Waals surface area (Å²) in [6.45, 7) is 1.62. The first-order valence-corrected chi connectivity index (χ1v) is 3.03. The quantitative estimate of drug-likeness (QED) is 0.564. The van der Waals surface area contributed by atoms with Gasteiger partial charge in [-0.3, -0.25) is 0 Å². The maximum Gasteiger partial charge on any atom is 0.196 e. The van der Waals surface area contributed by atoms with Crippen LogP contribution in [0.25, 0.3) is 0 Å². The van der Waals surface area contributed by atoms with Gasteiger partial charge in [0, 0.05) is 11.8 Å². The van der Waals surface area contributed by atoms with Crippen molar-refractivity contribution in [3.63, 3.8) is 0 Å². The molecule has 0 bridgehead atoms. The summed E-state index contributed by atoms with van der Waals surface area (Å²) >= 11 is 5.36. The van der Waals surface area contributed by atoms with E-state index in [4.69, 9.17) is 21.8 Å². The third-order valence-electron chi connectivity index (χ3n) is 1.16. The van der Waals surface area contributed by atoms with Crippen molar-refractivity contribution >= 4 is 11.6 Å². The Kier molecular flexibility index (Phi) is 1.68. The van der Waals surface area contributed by atoms with E-state index in [2.05, 4.69) is 4.98 Å². The average Bonchev–Trinajstić information content (AvgIpc) is 1.93. The zero-order valence-electron chi connectivity index (χ0n) is 5.30. The van der Waals surface area contributed by atoms with Crippen LogP contribution in [0.1, 0.15) is 5.56 Å². The summed E-state index contributed by atoms with van der Waals surface area (Å²) < 4.78 is 0. The fraction of sp³-hybridized carbons (Fsp3) is 0.167. The molecule has 0 aliphatic carbocycles. The number of hydrogen-bond acceptors (Lipinski definition) is 3. The van der Waals surface area contributed by atoms with Gasteiger partial charge < -0.3 is 10.2 Å². The number of nitrogens with zero attached hydrogens (tertiary/aromatic N) is 1. The maximum atomic E-state index is 9.01. The van der Waals surface area contributed by atoms with Crippen LogP contribution in [0.15, 0.2) is 6.20 Å². The minimum atomic E-state index is -0.360. The molecule has 0 atom stereocenters. The summed E-state index contributed by atoms with van der Waals surface area (Å²) in [4.78, 5) is 3.59. The highest BCUT2D eigenvalue weighted by molar-refractivity contribution is 6.31. The number of pyridine rings is 1. The highest BCUT2D eigenvalue weighted by atomic mass is 35.5. The minimum Gasteiger partial charge on any atom is -0.504 e. The van der Waals surface area contributed by atoms with E-state index < -0.39 is 0 Å². The molecule has 0 amide bonds. The van der Waals surface area contributed by atoms with E-state index in [9.17, 15) is 0 Å². The summed E-state index contributed by atoms with van der Waals surface area (Å²) in [6, 6.07) is 0. The normalized spacial score (nSPS) is 9.80. The van der Waals surface area contributed by atoms with Crippen LogP contribution >= 0.6 is 11.6 Å². The largest absolute Gasteiger partial charge is 0.504 e. The van der Waals surface area contributed by atoms with Gasteiger partial charge in [-0.1, -0.05) is 11.6 Å². The predicted molar refractivity (Wildman–Crippen MR) is 37.3 cm³/mol. The highest BCUT2D eigenvalue weighted by Crippen LogP contribution is 2.32. The summed E-state index contributed by atoms with van der Waals surface area (Å²) in [6.07, 6.45) is 1.39. The fourth-order valence-corrected chi connectivity index (χ4v) is 0.699. The molecule has 0 aliphatic rings. The van der Waals surface area contributed by atoms with Gasteiger partial charge in [0.2, 0.25) is 0 Å². The van der Waals surface area contributed by atoms with Crippen LogP contribution < -0.4 is 0 Å². The van der Waals surface area contributed by atoms with Crippen molar-refractivity contribution in [3.05, 3.63) is 16.9 Å². The predicted octanol–water partition coefficient (Wildman–Crippen LogP) is 1.45. The van der Waals surface area contributed by atoms with E-state index in [-0.39, 0.29) is 16.7 Å². The number of aromatic hydroxyl groups is 2. The molecule has 0 saturated heterocycles. The Hall–Kier alpha value is -0.960. The summed E-state index contributed by atoms with van der Waals surface area (Å²) in [5, 5.41) is 17.9. The van der Waals surface area contributed by atoms with Crippen LogP contribution in [0.3, 0.4) is 0 Å². The number of aryl methyl sites for hydroxylation is 1. The second-order valence-corrected chi connectivity index (χ2v) is 2.29. The molecule has 0 radical (unpaired) electrons. The Morgan fingerprint density at radius 1 is 1.40 bits per heavy atom. The molecule has 0 spiro atoms. The van der Waals surface area contributed by atoms with Crippen molar-refractivity contribution in [3.8, 4) is 11.5 Å². The maximum absolute atomic E-state index is 9.01. The third-order valence-corrected chi connectivity index (χ3v) is 1.44. The lowest BCUT2D eigenvalue weighted by molar-refractivity contribution is 0.399. The molecular formula is C6H6ClNO2. The first-order chi connectivity index (χ1) is 4.63. The van der Waals surface area contributed by atoms with Gasteiger partial charge in [0.05, 0.1) is 0 Å². The van der Waals surface area contributed by atoms with Crippen molar-refractivity contribution < 1.29 is 10.2 Å². The number of rotatable bonds is 0. The van der Waals surface area contributed by atoms with Crippen molar-refractivity contribution in [2.24, 2.45) is 0 Å². The van der Waals surface area contributed by atoms with Crippen LogP contribution in [0.4, 0.5) is 0 Å². The standard InChI is InChI=1S/C6H6ClNO2/c1-3-2-8-6(7)5(10)4(3)9/h2,10H,1H3,(H,8,9). The van der Waals surface area contributed by atoms with Crippen molar-refractivity contribution in [1.29, 1.82) is 0 Å². The number of halogens is 1. The molecule has 0 saturated carbocycles. The lowest BCUT2D eigenvalue weighted by Crippen LogP contribution is -1.80. The monoisotopic (exact) mass is 159 g/mol. The van der Waals surface area contributed by atoms with Gasteiger partial charge in [0.1, 0.15) is 0 Å². The van der Waals surface area contributed by atoms with Crippen LogP contribution in [-0.4, -0.2) is 15.2 Å². The smallest absolute Gasteiger partial charge is 0.196 e. The SMILES string of the molecule is Cc1cnc(Cl)c(O)c1O.